The summed E-state index contributed by atoms with van der Waals surface area (Å²) < 4.78 is 15.9. The molecule has 5 heteroatoms. The van der Waals surface area contributed by atoms with Crippen molar-refractivity contribution in [2.24, 2.45) is 0 Å². The lowest BCUT2D eigenvalue weighted by Crippen LogP contribution is -2.02. The van der Waals surface area contributed by atoms with Crippen molar-refractivity contribution in [2.45, 2.75) is 6.92 Å². The van der Waals surface area contributed by atoms with Crippen LogP contribution in [0.3, 0.4) is 0 Å². The highest BCUT2D eigenvalue weighted by atomic mass is 35.5. The first-order chi connectivity index (χ1) is 10.1. The third-order valence-corrected chi connectivity index (χ3v) is 3.35. The highest BCUT2D eigenvalue weighted by molar-refractivity contribution is 6.31. The Hall–Kier alpha value is -2.33. The molecule has 0 radical (unpaired) electrons. The first-order valence-corrected chi connectivity index (χ1v) is 6.85. The highest BCUT2D eigenvalue weighted by Gasteiger charge is 2.11. The smallest absolute Gasteiger partial charge is 0.212 e. The standard InChI is InChI=1S/C16H13ClFN3/c1-11-10-21(12-6-3-2-4-7-12)16(19-11)20-14-9-5-8-13(17)15(14)18/h2-10H,1H3,(H,19,20). The summed E-state index contributed by atoms with van der Waals surface area (Å²) in [5, 5.41) is 3.07. The van der Waals surface area contributed by atoms with E-state index in [0.29, 0.717) is 11.6 Å². The Morgan fingerprint density at radius 3 is 2.62 bits per heavy atom. The molecule has 0 amide bonds. The van der Waals surface area contributed by atoms with Crippen LogP contribution in [0.1, 0.15) is 5.69 Å². The molecule has 1 N–H and O–H groups in total. The molecule has 0 aliphatic carbocycles. The second-order valence-electron chi connectivity index (χ2n) is 4.64. The molecule has 2 aromatic carbocycles. The zero-order chi connectivity index (χ0) is 14.8. The van der Waals surface area contributed by atoms with E-state index in [1.807, 2.05) is 48.0 Å². The highest BCUT2D eigenvalue weighted by Crippen LogP contribution is 2.26. The van der Waals surface area contributed by atoms with Crippen LogP contribution in [0.2, 0.25) is 5.02 Å². The van der Waals surface area contributed by atoms with Crippen molar-refractivity contribution in [1.29, 1.82) is 0 Å². The summed E-state index contributed by atoms with van der Waals surface area (Å²) in [4.78, 5) is 4.40. The molecular weight excluding hydrogens is 289 g/mol. The van der Waals surface area contributed by atoms with Gasteiger partial charge in [-0.2, -0.15) is 0 Å². The van der Waals surface area contributed by atoms with E-state index < -0.39 is 5.82 Å². The maximum absolute atomic E-state index is 14.0. The molecule has 3 aromatic rings. The molecule has 0 unspecified atom stereocenters. The van der Waals surface area contributed by atoms with Gasteiger partial charge in [0.05, 0.1) is 16.4 Å². The van der Waals surface area contributed by atoms with Crippen molar-refractivity contribution in [3.05, 3.63) is 71.3 Å². The summed E-state index contributed by atoms with van der Waals surface area (Å²) in [6.45, 7) is 1.89. The summed E-state index contributed by atoms with van der Waals surface area (Å²) in [5.41, 5.74) is 2.08. The SMILES string of the molecule is Cc1cn(-c2ccccc2)c(Nc2cccc(Cl)c2F)n1. The Bertz CT molecular complexity index is 768. The molecule has 0 aliphatic rings. The average Bonchev–Trinajstić information content (AvgIpc) is 2.86. The Morgan fingerprint density at radius 1 is 1.10 bits per heavy atom. The number of imidazole rings is 1. The van der Waals surface area contributed by atoms with Gasteiger partial charge in [-0.05, 0) is 31.2 Å². The predicted molar refractivity (Wildman–Crippen MR) is 83.0 cm³/mol. The van der Waals surface area contributed by atoms with Crippen molar-refractivity contribution in [3.63, 3.8) is 0 Å². The van der Waals surface area contributed by atoms with Crippen molar-refractivity contribution >= 4 is 23.2 Å². The van der Waals surface area contributed by atoms with E-state index in [-0.39, 0.29) is 5.02 Å². The Labute approximate surface area is 127 Å². The fourth-order valence-corrected chi connectivity index (χ4v) is 2.27. The molecular formula is C16H13ClFN3. The van der Waals surface area contributed by atoms with Gasteiger partial charge < -0.3 is 5.32 Å². The Kier molecular flexibility index (Phi) is 3.62. The zero-order valence-electron chi connectivity index (χ0n) is 11.3. The van der Waals surface area contributed by atoms with E-state index in [4.69, 9.17) is 11.6 Å². The van der Waals surface area contributed by atoms with Crippen LogP contribution in [0.5, 0.6) is 0 Å². The molecule has 0 saturated carbocycles. The van der Waals surface area contributed by atoms with E-state index in [1.54, 1.807) is 12.1 Å². The summed E-state index contributed by atoms with van der Waals surface area (Å²) in [5.74, 6) is 0.0549. The molecule has 0 fully saturated rings. The normalized spacial score (nSPS) is 10.6. The number of hydrogen-bond donors (Lipinski definition) is 1. The van der Waals surface area contributed by atoms with Gasteiger partial charge in [0.15, 0.2) is 5.82 Å². The number of anilines is 2. The third kappa shape index (κ3) is 2.76. The summed E-state index contributed by atoms with van der Waals surface area (Å²) >= 11 is 5.80. The van der Waals surface area contributed by atoms with E-state index >= 15 is 0 Å². The van der Waals surface area contributed by atoms with Gasteiger partial charge >= 0.3 is 0 Å². The van der Waals surface area contributed by atoms with E-state index in [2.05, 4.69) is 10.3 Å². The van der Waals surface area contributed by atoms with Crippen LogP contribution in [0.15, 0.2) is 54.7 Å². The molecule has 0 bridgehead atoms. The number of nitrogens with one attached hydrogen (secondary N) is 1. The van der Waals surface area contributed by atoms with Crippen LogP contribution in [0.25, 0.3) is 5.69 Å². The number of para-hydroxylation sites is 1. The third-order valence-electron chi connectivity index (χ3n) is 3.06. The van der Waals surface area contributed by atoms with E-state index in [0.717, 1.165) is 11.4 Å². The molecule has 21 heavy (non-hydrogen) atoms. The predicted octanol–water partition coefficient (Wildman–Crippen LogP) is 4.72. The van der Waals surface area contributed by atoms with Crippen LogP contribution < -0.4 is 5.32 Å². The lowest BCUT2D eigenvalue weighted by molar-refractivity contribution is 0.632. The number of rotatable bonds is 3. The zero-order valence-corrected chi connectivity index (χ0v) is 12.1. The lowest BCUT2D eigenvalue weighted by Gasteiger charge is -2.10. The van der Waals surface area contributed by atoms with Gasteiger partial charge in [0.2, 0.25) is 5.95 Å². The summed E-state index contributed by atoms with van der Waals surface area (Å²) in [6.07, 6.45) is 1.89. The number of hydrogen-bond acceptors (Lipinski definition) is 2. The number of aryl methyl sites for hydroxylation is 1. The number of halogens is 2. The molecule has 106 valence electrons. The van der Waals surface area contributed by atoms with Crippen LogP contribution >= 0.6 is 11.6 Å². The van der Waals surface area contributed by atoms with E-state index in [9.17, 15) is 4.39 Å². The average molecular weight is 302 g/mol. The first-order valence-electron chi connectivity index (χ1n) is 6.47. The number of benzene rings is 2. The van der Waals surface area contributed by atoms with Crippen molar-refractivity contribution in [1.82, 2.24) is 9.55 Å². The molecule has 1 heterocycles. The summed E-state index contributed by atoms with van der Waals surface area (Å²) in [6, 6.07) is 14.6. The van der Waals surface area contributed by atoms with Gasteiger partial charge in [-0.25, -0.2) is 9.37 Å². The van der Waals surface area contributed by atoms with Crippen LogP contribution in [-0.4, -0.2) is 9.55 Å². The quantitative estimate of drug-likeness (QED) is 0.759. The first kappa shape index (κ1) is 13.6. The maximum atomic E-state index is 14.0. The van der Waals surface area contributed by atoms with E-state index in [1.165, 1.54) is 6.07 Å². The monoisotopic (exact) mass is 301 g/mol. The van der Waals surface area contributed by atoms with Gasteiger partial charge in [0.25, 0.3) is 0 Å². The minimum Gasteiger partial charge on any atom is -0.323 e. The lowest BCUT2D eigenvalue weighted by atomic mass is 10.3. The second kappa shape index (κ2) is 5.58. The van der Waals surface area contributed by atoms with Crippen molar-refractivity contribution < 1.29 is 4.39 Å². The summed E-state index contributed by atoms with van der Waals surface area (Å²) in [7, 11) is 0. The van der Waals surface area contributed by atoms with Crippen LogP contribution in [0.4, 0.5) is 16.0 Å². The number of aromatic nitrogens is 2. The Balaban J connectivity index is 2.02. The topological polar surface area (TPSA) is 29.9 Å². The number of nitrogens with zero attached hydrogens (tertiary/aromatic N) is 2. The van der Waals surface area contributed by atoms with Crippen molar-refractivity contribution in [2.75, 3.05) is 5.32 Å². The molecule has 1 aromatic heterocycles. The molecule has 3 nitrogen and oxygen atoms in total. The van der Waals surface area contributed by atoms with Crippen LogP contribution in [-0.2, 0) is 0 Å². The van der Waals surface area contributed by atoms with Gasteiger partial charge in [-0.1, -0.05) is 35.9 Å². The molecule has 0 spiro atoms. The molecule has 3 rings (SSSR count). The second-order valence-corrected chi connectivity index (χ2v) is 5.05. The maximum Gasteiger partial charge on any atom is 0.212 e. The Morgan fingerprint density at radius 2 is 1.86 bits per heavy atom. The minimum absolute atomic E-state index is 0.0783. The molecule has 0 aliphatic heterocycles. The van der Waals surface area contributed by atoms with Crippen LogP contribution in [0, 0.1) is 12.7 Å². The van der Waals surface area contributed by atoms with Gasteiger partial charge in [-0.3, -0.25) is 4.57 Å². The molecule has 0 saturated heterocycles. The minimum atomic E-state index is -0.487. The fraction of sp³-hybridized carbons (Fsp3) is 0.0625. The van der Waals surface area contributed by atoms with Gasteiger partial charge in [0.1, 0.15) is 0 Å². The molecule has 0 atom stereocenters. The fourth-order valence-electron chi connectivity index (χ4n) is 2.09. The largest absolute Gasteiger partial charge is 0.323 e. The van der Waals surface area contributed by atoms with Gasteiger partial charge in [0, 0.05) is 11.9 Å². The van der Waals surface area contributed by atoms with Crippen molar-refractivity contribution in [3.8, 4) is 5.69 Å². The van der Waals surface area contributed by atoms with Gasteiger partial charge in [-0.15, -0.1) is 0 Å².